The van der Waals surface area contributed by atoms with Gasteiger partial charge in [-0.05, 0) is 54.2 Å². The highest BCUT2D eigenvalue weighted by atomic mass is 32.2. The number of nitrogens with one attached hydrogen (secondary N) is 1. The Labute approximate surface area is 224 Å². The second-order valence-corrected chi connectivity index (χ2v) is 11.7. The summed E-state index contributed by atoms with van der Waals surface area (Å²) in [5, 5.41) is 2.98. The van der Waals surface area contributed by atoms with Gasteiger partial charge in [-0.2, -0.15) is 0 Å². The molecular weight excluding hydrogens is 500 g/mol. The van der Waals surface area contributed by atoms with Crippen molar-refractivity contribution in [3.05, 3.63) is 96.1 Å². The third-order valence-corrected chi connectivity index (χ3v) is 9.03. The highest BCUT2D eigenvalue weighted by Crippen LogP contribution is 2.29. The van der Waals surface area contributed by atoms with Gasteiger partial charge in [0.25, 0.3) is 15.9 Å². The number of carbonyl (C=O) groups excluding carboxylic acids is 2. The summed E-state index contributed by atoms with van der Waals surface area (Å²) in [6, 6.07) is 23.9. The molecule has 3 aromatic carbocycles. The second kappa shape index (κ2) is 12.3. The Bertz CT molecular complexity index is 1350. The highest BCUT2D eigenvalue weighted by molar-refractivity contribution is 7.92. The highest BCUT2D eigenvalue weighted by Gasteiger charge is 2.29. The maximum atomic E-state index is 13.8. The van der Waals surface area contributed by atoms with Crippen LogP contribution in [0.5, 0.6) is 0 Å². The third kappa shape index (κ3) is 6.61. The quantitative estimate of drug-likeness (QED) is 0.382. The number of amides is 1. The van der Waals surface area contributed by atoms with Crippen LogP contribution < -0.4 is 9.62 Å². The minimum absolute atomic E-state index is 0.0406. The zero-order valence-electron chi connectivity index (χ0n) is 21.7. The summed E-state index contributed by atoms with van der Waals surface area (Å²) in [6.07, 6.45) is 3.11. The molecule has 0 saturated heterocycles. The Balaban J connectivity index is 1.48. The molecule has 1 saturated carbocycles. The summed E-state index contributed by atoms with van der Waals surface area (Å²) in [5.41, 5.74) is 1.39. The normalized spacial score (nSPS) is 19.4. The van der Waals surface area contributed by atoms with Crippen LogP contribution in [-0.4, -0.2) is 32.9 Å². The van der Waals surface area contributed by atoms with E-state index in [0.29, 0.717) is 17.5 Å². The predicted molar refractivity (Wildman–Crippen MR) is 147 cm³/mol. The van der Waals surface area contributed by atoms with Crippen molar-refractivity contribution < 1.29 is 22.7 Å². The fourth-order valence-corrected chi connectivity index (χ4v) is 6.32. The monoisotopic (exact) mass is 534 g/mol. The number of para-hydroxylation sites is 1. The van der Waals surface area contributed by atoms with E-state index in [2.05, 4.69) is 19.2 Å². The van der Waals surface area contributed by atoms with Crippen LogP contribution in [0.15, 0.2) is 89.8 Å². The van der Waals surface area contributed by atoms with Crippen LogP contribution in [0, 0.1) is 11.8 Å². The van der Waals surface area contributed by atoms with Crippen molar-refractivity contribution >= 4 is 27.6 Å². The number of hydrogen-bond donors (Lipinski definition) is 1. The number of anilines is 1. The Morgan fingerprint density at radius 3 is 2.32 bits per heavy atom. The number of benzene rings is 3. The van der Waals surface area contributed by atoms with Gasteiger partial charge < -0.3 is 10.1 Å². The van der Waals surface area contributed by atoms with E-state index in [1.165, 1.54) is 28.6 Å². The van der Waals surface area contributed by atoms with Gasteiger partial charge in [0.1, 0.15) is 0 Å². The van der Waals surface area contributed by atoms with E-state index >= 15 is 0 Å². The van der Waals surface area contributed by atoms with Crippen molar-refractivity contribution in [3.8, 4) is 0 Å². The van der Waals surface area contributed by atoms with E-state index in [1.54, 1.807) is 24.3 Å². The van der Waals surface area contributed by atoms with Crippen molar-refractivity contribution in [1.29, 1.82) is 0 Å². The topological polar surface area (TPSA) is 92.8 Å². The van der Waals surface area contributed by atoms with Gasteiger partial charge in [-0.15, -0.1) is 0 Å². The third-order valence-electron chi connectivity index (χ3n) is 7.26. The Morgan fingerprint density at radius 1 is 0.921 bits per heavy atom. The van der Waals surface area contributed by atoms with Crippen LogP contribution >= 0.6 is 0 Å². The van der Waals surface area contributed by atoms with Crippen LogP contribution in [0.2, 0.25) is 0 Å². The summed E-state index contributed by atoms with van der Waals surface area (Å²) in [7, 11) is -4.02. The molecule has 0 unspecified atom stereocenters. The zero-order valence-corrected chi connectivity index (χ0v) is 22.6. The molecule has 0 radical (unpaired) electrons. The number of hydrogen-bond acceptors (Lipinski definition) is 5. The van der Waals surface area contributed by atoms with Crippen molar-refractivity contribution in [2.45, 2.75) is 50.6 Å². The van der Waals surface area contributed by atoms with E-state index in [1.807, 2.05) is 36.4 Å². The van der Waals surface area contributed by atoms with E-state index < -0.39 is 22.6 Å². The zero-order chi connectivity index (χ0) is 27.1. The van der Waals surface area contributed by atoms with Gasteiger partial charge in [0.05, 0.1) is 22.7 Å². The first kappa shape index (κ1) is 27.4. The molecule has 0 heterocycles. The maximum Gasteiger partial charge on any atom is 0.338 e. The average molecular weight is 535 g/mol. The largest absolute Gasteiger partial charge is 0.452 e. The number of ether oxygens (including phenoxy) is 1. The lowest BCUT2D eigenvalue weighted by molar-refractivity contribution is -0.125. The molecule has 1 aliphatic rings. The molecular formula is C30H34N2O5S. The smallest absolute Gasteiger partial charge is 0.338 e. The molecule has 38 heavy (non-hydrogen) atoms. The summed E-state index contributed by atoms with van der Waals surface area (Å²) in [5.74, 6) is -0.227. The number of esters is 1. The number of sulfonamides is 1. The minimum Gasteiger partial charge on any atom is -0.452 e. The molecule has 200 valence electrons. The summed E-state index contributed by atoms with van der Waals surface area (Å²) < 4.78 is 34.1. The van der Waals surface area contributed by atoms with Gasteiger partial charge in [-0.1, -0.05) is 81.3 Å². The Hall–Kier alpha value is -3.65. The second-order valence-electron chi connectivity index (χ2n) is 9.88. The van der Waals surface area contributed by atoms with Crippen molar-refractivity contribution in [1.82, 2.24) is 5.32 Å². The van der Waals surface area contributed by atoms with Crippen LogP contribution in [0.4, 0.5) is 5.69 Å². The van der Waals surface area contributed by atoms with Crippen LogP contribution in [0.25, 0.3) is 0 Å². The van der Waals surface area contributed by atoms with Gasteiger partial charge in [0.15, 0.2) is 6.61 Å². The van der Waals surface area contributed by atoms with Gasteiger partial charge in [0.2, 0.25) is 0 Å². The standard InChI is InChI=1S/C30H34N2O5S/c1-22-11-9-18-28(23(22)2)31-29(33)21-37-30(34)25-14-10-17-27(19-25)38(35,36)32(26-15-7-4-8-16-26)20-24-12-5-3-6-13-24/h3-8,10,12-17,19,22-23,28H,9,11,18,20-21H2,1-2H3,(H,31,33)/t22-,23+,28-/m0/s1. The SMILES string of the molecule is C[C@H]1[C@@H](NC(=O)COC(=O)c2cccc(S(=O)(=O)N(Cc3ccccc3)c3ccccc3)c2)CCC[C@@H]1C. The van der Waals surface area contributed by atoms with E-state index in [-0.39, 0.29) is 29.0 Å². The summed E-state index contributed by atoms with van der Waals surface area (Å²) >= 11 is 0. The van der Waals surface area contributed by atoms with E-state index in [0.717, 1.165) is 24.8 Å². The average Bonchev–Trinajstić information content (AvgIpc) is 2.94. The molecule has 0 aromatic heterocycles. The lowest BCUT2D eigenvalue weighted by Gasteiger charge is -2.34. The first-order chi connectivity index (χ1) is 18.3. The fourth-order valence-electron chi connectivity index (χ4n) is 4.82. The first-order valence-corrected chi connectivity index (χ1v) is 14.4. The number of carbonyl (C=O) groups is 2. The lowest BCUT2D eigenvalue weighted by Crippen LogP contribution is -2.45. The van der Waals surface area contributed by atoms with Crippen LogP contribution in [-0.2, 0) is 26.1 Å². The van der Waals surface area contributed by atoms with E-state index in [4.69, 9.17) is 4.74 Å². The minimum atomic E-state index is -4.02. The van der Waals surface area contributed by atoms with Gasteiger partial charge >= 0.3 is 5.97 Å². The molecule has 8 heteroatoms. The molecule has 1 fully saturated rings. The molecule has 0 bridgehead atoms. The van der Waals surface area contributed by atoms with Crippen molar-refractivity contribution in [3.63, 3.8) is 0 Å². The lowest BCUT2D eigenvalue weighted by atomic mass is 9.78. The number of nitrogens with zero attached hydrogens (tertiary/aromatic N) is 1. The van der Waals surface area contributed by atoms with Gasteiger partial charge in [0, 0.05) is 6.04 Å². The molecule has 1 N–H and O–H groups in total. The van der Waals surface area contributed by atoms with Gasteiger partial charge in [-0.25, -0.2) is 13.2 Å². The molecule has 1 amide bonds. The predicted octanol–water partition coefficient (Wildman–Crippen LogP) is 5.18. The fraction of sp³-hybridized carbons (Fsp3) is 0.333. The first-order valence-electron chi connectivity index (χ1n) is 12.9. The number of rotatable bonds is 9. The molecule has 4 rings (SSSR count). The molecule has 3 atom stereocenters. The van der Waals surface area contributed by atoms with Crippen LogP contribution in [0.1, 0.15) is 49.0 Å². The van der Waals surface area contributed by atoms with Crippen LogP contribution in [0.3, 0.4) is 0 Å². The van der Waals surface area contributed by atoms with Gasteiger partial charge in [-0.3, -0.25) is 9.10 Å². The molecule has 3 aromatic rings. The molecule has 0 aliphatic heterocycles. The maximum absolute atomic E-state index is 13.8. The summed E-state index contributed by atoms with van der Waals surface area (Å²) in [4.78, 5) is 25.2. The Kier molecular flexibility index (Phi) is 8.84. The summed E-state index contributed by atoms with van der Waals surface area (Å²) in [6.45, 7) is 4.02. The Morgan fingerprint density at radius 2 is 1.61 bits per heavy atom. The molecule has 1 aliphatic carbocycles. The van der Waals surface area contributed by atoms with E-state index in [9.17, 15) is 18.0 Å². The molecule has 0 spiro atoms. The molecule has 7 nitrogen and oxygen atoms in total. The van der Waals surface area contributed by atoms with Crippen molar-refractivity contribution in [2.75, 3.05) is 10.9 Å². The van der Waals surface area contributed by atoms with Crippen molar-refractivity contribution in [2.24, 2.45) is 11.8 Å².